The van der Waals surface area contributed by atoms with Gasteiger partial charge in [-0.05, 0) is 63.1 Å². The van der Waals surface area contributed by atoms with E-state index in [1.54, 1.807) is 44.2 Å². The van der Waals surface area contributed by atoms with Gasteiger partial charge in [0.15, 0.2) is 5.60 Å². The number of hydrogen-bond acceptors (Lipinski definition) is 9. The molecular weight excluding hydrogens is 666 g/mol. The van der Waals surface area contributed by atoms with Crippen molar-refractivity contribution in [2.45, 2.75) is 142 Å². The van der Waals surface area contributed by atoms with Gasteiger partial charge in [0.25, 0.3) is 0 Å². The van der Waals surface area contributed by atoms with E-state index in [9.17, 15) is 34.2 Å². The molecule has 0 saturated carbocycles. The zero-order valence-electron chi connectivity index (χ0n) is 31.7. The van der Waals surface area contributed by atoms with Crippen LogP contribution >= 0.6 is 0 Å². The van der Waals surface area contributed by atoms with E-state index < -0.39 is 47.8 Å². The van der Waals surface area contributed by atoms with Gasteiger partial charge in [0.1, 0.15) is 24.2 Å². The molecule has 1 aromatic rings. The van der Waals surface area contributed by atoms with Crippen molar-refractivity contribution in [2.75, 3.05) is 19.8 Å². The lowest BCUT2D eigenvalue weighted by Gasteiger charge is -2.30. The quantitative estimate of drug-likeness (QED) is 0.0351. The molecule has 1 amide bonds. The lowest BCUT2D eigenvalue weighted by molar-refractivity contribution is -0.174. The van der Waals surface area contributed by atoms with Gasteiger partial charge in [0.2, 0.25) is 5.91 Å². The number of allylic oxidation sites excluding steroid dienone is 1. The zero-order chi connectivity index (χ0) is 38.6. The van der Waals surface area contributed by atoms with Gasteiger partial charge in [-0.15, -0.1) is 5.92 Å². The van der Waals surface area contributed by atoms with Crippen LogP contribution in [0.2, 0.25) is 0 Å². The predicted octanol–water partition coefficient (Wildman–Crippen LogP) is 6.67. The lowest BCUT2D eigenvalue weighted by atomic mass is 9.82. The predicted molar refractivity (Wildman–Crippen MR) is 199 cm³/mol. The van der Waals surface area contributed by atoms with E-state index in [2.05, 4.69) is 24.1 Å². The number of Topliss-reactive ketones (excluding diaryl/α,β-unsaturated/α-hetero) is 1. The molecule has 0 bridgehead atoms. The molecule has 3 atom stereocenters. The molecule has 0 heterocycles. The largest absolute Gasteiger partial charge is 0.481 e. The summed E-state index contributed by atoms with van der Waals surface area (Å²) in [7, 11) is 0. The second-order valence-corrected chi connectivity index (χ2v) is 13.0. The van der Waals surface area contributed by atoms with Gasteiger partial charge in [-0.1, -0.05) is 89.5 Å². The first kappa shape index (κ1) is 45.9. The van der Waals surface area contributed by atoms with Crippen molar-refractivity contribution >= 4 is 29.6 Å². The number of aliphatic carboxylic acids is 1. The first-order chi connectivity index (χ1) is 25.0. The van der Waals surface area contributed by atoms with Crippen LogP contribution in [0, 0.1) is 17.8 Å². The molecule has 0 unspecified atom stereocenters. The highest BCUT2D eigenvalue weighted by Gasteiger charge is 2.49. The van der Waals surface area contributed by atoms with Gasteiger partial charge < -0.3 is 29.7 Å². The van der Waals surface area contributed by atoms with Crippen LogP contribution in [-0.4, -0.2) is 71.3 Å². The Balaban J connectivity index is 3.08. The summed E-state index contributed by atoms with van der Waals surface area (Å²) in [6.07, 6.45) is 13.3. The molecule has 0 aliphatic rings. The van der Waals surface area contributed by atoms with Crippen LogP contribution in [0.5, 0.6) is 5.75 Å². The van der Waals surface area contributed by atoms with Crippen molar-refractivity contribution < 1.29 is 48.4 Å². The summed E-state index contributed by atoms with van der Waals surface area (Å²) < 4.78 is 15.9. The van der Waals surface area contributed by atoms with Crippen LogP contribution in [0.1, 0.15) is 130 Å². The minimum atomic E-state index is -2.86. The van der Waals surface area contributed by atoms with Gasteiger partial charge in [0, 0.05) is 19.3 Å². The van der Waals surface area contributed by atoms with E-state index >= 15 is 0 Å². The Morgan fingerprint density at radius 2 is 1.46 bits per heavy atom. The van der Waals surface area contributed by atoms with Crippen molar-refractivity contribution in [1.29, 1.82) is 0 Å². The number of carboxylic acids is 1. The molecule has 0 aromatic heterocycles. The van der Waals surface area contributed by atoms with Crippen molar-refractivity contribution in [1.82, 2.24) is 5.32 Å². The van der Waals surface area contributed by atoms with Crippen molar-refractivity contribution in [3.8, 4) is 17.6 Å². The van der Waals surface area contributed by atoms with E-state index in [4.69, 9.17) is 14.2 Å². The summed E-state index contributed by atoms with van der Waals surface area (Å²) in [6.45, 7) is 7.80. The highest BCUT2D eigenvalue weighted by Crippen LogP contribution is 2.26. The second-order valence-electron chi connectivity index (χ2n) is 13.0. The van der Waals surface area contributed by atoms with E-state index in [1.807, 2.05) is 6.92 Å². The first-order valence-corrected chi connectivity index (χ1v) is 18.9. The van der Waals surface area contributed by atoms with E-state index in [0.29, 0.717) is 49.8 Å². The molecule has 11 nitrogen and oxygen atoms in total. The van der Waals surface area contributed by atoms with Gasteiger partial charge in [-0.2, -0.15) is 0 Å². The van der Waals surface area contributed by atoms with Crippen molar-refractivity contribution in [2.24, 2.45) is 5.92 Å². The first-order valence-electron chi connectivity index (χ1n) is 18.9. The van der Waals surface area contributed by atoms with Gasteiger partial charge in [0.05, 0.1) is 25.6 Å². The molecule has 1 rings (SSSR count). The monoisotopic (exact) mass is 727 g/mol. The fourth-order valence-electron chi connectivity index (χ4n) is 5.40. The Morgan fingerprint density at radius 3 is 2.06 bits per heavy atom. The number of unbranched alkanes of at least 4 members (excludes halogenated alkanes) is 8. The molecule has 1 aromatic carbocycles. The van der Waals surface area contributed by atoms with Crippen molar-refractivity contribution in [3.05, 3.63) is 42.0 Å². The number of ketones is 1. The van der Waals surface area contributed by atoms with Gasteiger partial charge in [-0.25, -0.2) is 9.59 Å². The molecule has 0 aliphatic carbocycles. The third kappa shape index (κ3) is 18.9. The molecule has 0 spiro atoms. The van der Waals surface area contributed by atoms with E-state index in [1.165, 1.54) is 25.3 Å². The zero-order valence-corrected chi connectivity index (χ0v) is 31.7. The average Bonchev–Trinajstić information content (AvgIpc) is 3.12. The topological polar surface area (TPSA) is 166 Å². The molecule has 0 aliphatic heterocycles. The number of esters is 2. The van der Waals surface area contributed by atoms with E-state index in [0.717, 1.165) is 32.1 Å². The molecule has 0 radical (unpaired) electrons. The SMILES string of the molecule is CC#CCOc1ccc(C[C@H](NC(=O)[C@@H](C=CCCCCCCC(=O)CCCCCCC)[C@@](O)(CC(=O)OCCC)C(=O)O)C(=O)OCCC)cc1. The summed E-state index contributed by atoms with van der Waals surface area (Å²) in [4.78, 5) is 64.2. The highest BCUT2D eigenvalue weighted by molar-refractivity contribution is 5.95. The maximum absolute atomic E-state index is 13.9. The molecular formula is C41H61NO10. The number of ether oxygens (including phenoxy) is 3. The highest BCUT2D eigenvalue weighted by atomic mass is 16.5. The normalized spacial score (nSPS) is 13.2. The number of carbonyl (C=O) groups excluding carboxylic acids is 4. The van der Waals surface area contributed by atoms with Crippen LogP contribution in [0.3, 0.4) is 0 Å². The van der Waals surface area contributed by atoms with Crippen molar-refractivity contribution in [3.63, 3.8) is 0 Å². The minimum Gasteiger partial charge on any atom is -0.481 e. The smallest absolute Gasteiger partial charge is 0.337 e. The maximum atomic E-state index is 13.9. The number of benzene rings is 1. The standard InChI is InChI=1S/C41H61NO10/c1-5-9-11-14-17-20-33(43)21-18-15-12-13-16-19-22-35(41(49,40(47)48)31-37(44)51-27-7-3)38(45)42-36(39(46)52-28-8-4)30-32-23-25-34(26-24-32)50-29-10-6-2/h19,22-26,35-36,49H,5,7-9,11-18,20-21,27-31H2,1-4H3,(H,42,45)(H,47,48)/t35-,36+,41+/m1/s1. The van der Waals surface area contributed by atoms with Crippen LogP contribution < -0.4 is 10.1 Å². The minimum absolute atomic E-state index is 0.00513. The number of carboxylic acid groups (broad SMARTS) is 1. The summed E-state index contributed by atoms with van der Waals surface area (Å²) in [5.41, 5.74) is -2.20. The second kappa shape index (κ2) is 27.5. The Bertz CT molecular complexity index is 1310. The lowest BCUT2D eigenvalue weighted by Crippen LogP contribution is -2.55. The Hall–Kier alpha value is -4.17. The summed E-state index contributed by atoms with van der Waals surface area (Å²) in [5, 5.41) is 24.2. The fraction of sp³-hybridized carbons (Fsp3) is 0.634. The summed E-state index contributed by atoms with van der Waals surface area (Å²) in [6, 6.07) is 5.62. The van der Waals surface area contributed by atoms with Gasteiger partial charge in [-0.3, -0.25) is 14.4 Å². The third-order valence-corrected chi connectivity index (χ3v) is 8.41. The van der Waals surface area contributed by atoms with Crippen LogP contribution in [0.15, 0.2) is 36.4 Å². The summed E-state index contributed by atoms with van der Waals surface area (Å²) in [5.74, 6) is 0.210. The number of amides is 1. The molecule has 0 saturated heterocycles. The van der Waals surface area contributed by atoms with Crippen LogP contribution in [-0.2, 0) is 39.9 Å². The van der Waals surface area contributed by atoms with E-state index in [-0.39, 0.29) is 32.0 Å². The number of rotatable bonds is 29. The Morgan fingerprint density at radius 1 is 0.846 bits per heavy atom. The maximum Gasteiger partial charge on any atom is 0.337 e. The molecule has 3 N–H and O–H groups in total. The summed E-state index contributed by atoms with van der Waals surface area (Å²) >= 11 is 0. The molecule has 290 valence electrons. The molecule has 11 heteroatoms. The number of carbonyl (C=O) groups is 5. The van der Waals surface area contributed by atoms with Crippen LogP contribution in [0.4, 0.5) is 0 Å². The average molecular weight is 728 g/mol. The number of hydrogen-bond donors (Lipinski definition) is 3. The third-order valence-electron chi connectivity index (χ3n) is 8.41. The number of aliphatic hydroxyl groups is 1. The van der Waals surface area contributed by atoms with Crippen LogP contribution in [0.25, 0.3) is 0 Å². The molecule has 52 heavy (non-hydrogen) atoms. The molecule has 0 fully saturated rings. The number of nitrogens with one attached hydrogen (secondary N) is 1. The Kier molecular flexibility index (Phi) is 24.2. The Labute approximate surface area is 310 Å². The van der Waals surface area contributed by atoms with Gasteiger partial charge >= 0.3 is 17.9 Å². The fourth-order valence-corrected chi connectivity index (χ4v) is 5.40.